The van der Waals surface area contributed by atoms with Crippen LogP contribution in [0.3, 0.4) is 0 Å². The lowest BCUT2D eigenvalue weighted by Gasteiger charge is -2.28. The van der Waals surface area contributed by atoms with Gasteiger partial charge < -0.3 is 4.90 Å². The van der Waals surface area contributed by atoms with Crippen LogP contribution < -0.4 is 4.90 Å². The molecular formula is C68H63N. The van der Waals surface area contributed by atoms with Crippen molar-refractivity contribution in [1.29, 1.82) is 0 Å². The number of hydrogen-bond acceptors (Lipinski definition) is 1. The Morgan fingerprint density at radius 3 is 1.32 bits per heavy atom. The maximum Gasteiger partial charge on any atom is 0.0465 e. The number of rotatable bonds is 7. The van der Waals surface area contributed by atoms with Crippen molar-refractivity contribution in [2.24, 2.45) is 0 Å². The molecular weight excluding hydrogens is 831 g/mol. The summed E-state index contributed by atoms with van der Waals surface area (Å²) in [6.07, 6.45) is 0. The molecule has 0 N–H and O–H groups in total. The van der Waals surface area contributed by atoms with E-state index in [0.29, 0.717) is 0 Å². The van der Waals surface area contributed by atoms with Gasteiger partial charge in [0.2, 0.25) is 0 Å². The highest BCUT2D eigenvalue weighted by molar-refractivity contribution is 5.97. The molecule has 0 aromatic heterocycles. The van der Waals surface area contributed by atoms with Gasteiger partial charge in [-0.25, -0.2) is 0 Å². The molecule has 0 unspecified atom stereocenters. The molecule has 0 spiro atoms. The van der Waals surface area contributed by atoms with Crippen LogP contribution in [0.5, 0.6) is 0 Å². The fourth-order valence-electron chi connectivity index (χ4n) is 11.3. The van der Waals surface area contributed by atoms with E-state index in [0.717, 1.165) is 17.1 Å². The standard InChI is InChI=1S/C68H63N/c1-65(2,3)51-29-20-46(21-30-51)49-28-38-58-61(41-49)68(9,10)63-42-50(47-22-31-52(32-23-47)66(4,5)6)40-59(64(58)63)48-26-35-54(36-27-48)69(53-33-24-45(25-34-53)44-16-12-11-13-17-44)55-37-39-57-56-18-14-15-19-60(56)67(7,8)62(57)43-55/h11-43H,1-10H3. The van der Waals surface area contributed by atoms with Crippen LogP contribution in [0, 0.1) is 0 Å². The van der Waals surface area contributed by atoms with Gasteiger partial charge in [0.1, 0.15) is 0 Å². The summed E-state index contributed by atoms with van der Waals surface area (Å²) < 4.78 is 0. The normalized spacial score (nSPS) is 14.2. The van der Waals surface area contributed by atoms with Gasteiger partial charge in [0.15, 0.2) is 0 Å². The second-order valence-electron chi connectivity index (χ2n) is 22.7. The zero-order valence-electron chi connectivity index (χ0n) is 42.0. The first-order valence-corrected chi connectivity index (χ1v) is 24.8. The maximum absolute atomic E-state index is 2.48. The first-order valence-electron chi connectivity index (χ1n) is 24.8. The average Bonchev–Trinajstić information content (AvgIpc) is 3.72. The third-order valence-corrected chi connectivity index (χ3v) is 15.4. The second-order valence-corrected chi connectivity index (χ2v) is 22.7. The topological polar surface area (TPSA) is 3.24 Å². The van der Waals surface area contributed by atoms with Crippen molar-refractivity contribution in [3.8, 4) is 66.8 Å². The minimum Gasteiger partial charge on any atom is -0.310 e. The SMILES string of the molecule is CC(C)(C)c1ccc(-c2ccc3c(c2)C(C)(C)c2cc(-c4ccc(C(C)(C)C)cc4)cc(-c4ccc(N(c5ccc(-c6ccccc6)cc5)c5ccc6c(c5)C(C)(C)c5ccccc5-6)cc4)c2-3)cc1. The first kappa shape index (κ1) is 44.3. The lowest BCUT2D eigenvalue weighted by atomic mass is 9.79. The van der Waals surface area contributed by atoms with Gasteiger partial charge in [-0.3, -0.25) is 0 Å². The third kappa shape index (κ3) is 7.64. The van der Waals surface area contributed by atoms with Crippen LogP contribution in [0.25, 0.3) is 66.8 Å². The molecule has 9 aromatic carbocycles. The number of fused-ring (bicyclic) bond motifs is 6. The molecule has 0 amide bonds. The summed E-state index contributed by atoms with van der Waals surface area (Å²) in [7, 11) is 0. The lowest BCUT2D eigenvalue weighted by Crippen LogP contribution is -2.16. The molecule has 2 aliphatic rings. The summed E-state index contributed by atoms with van der Waals surface area (Å²) in [6.45, 7) is 23.3. The molecule has 2 aliphatic carbocycles. The summed E-state index contributed by atoms with van der Waals surface area (Å²) in [4.78, 5) is 2.43. The van der Waals surface area contributed by atoms with Crippen molar-refractivity contribution < 1.29 is 0 Å². The summed E-state index contributed by atoms with van der Waals surface area (Å²) in [6, 6.07) is 75.7. The third-order valence-electron chi connectivity index (χ3n) is 15.4. The lowest BCUT2D eigenvalue weighted by molar-refractivity contribution is 0.590. The van der Waals surface area contributed by atoms with Crippen LogP contribution in [0.1, 0.15) is 103 Å². The molecule has 0 saturated carbocycles. The van der Waals surface area contributed by atoms with E-state index in [1.165, 1.54) is 100 Å². The number of anilines is 3. The molecule has 0 heterocycles. The molecule has 0 saturated heterocycles. The Balaban J connectivity index is 1.05. The van der Waals surface area contributed by atoms with Crippen LogP contribution in [0.4, 0.5) is 17.1 Å². The number of nitrogens with zero attached hydrogens (tertiary/aromatic N) is 1. The molecule has 11 rings (SSSR count). The minimum absolute atomic E-state index is 0.0800. The Morgan fingerprint density at radius 1 is 0.290 bits per heavy atom. The molecule has 0 atom stereocenters. The molecule has 1 nitrogen and oxygen atoms in total. The van der Waals surface area contributed by atoms with Gasteiger partial charge in [-0.05, 0) is 166 Å². The molecule has 0 bridgehead atoms. The van der Waals surface area contributed by atoms with E-state index in [1.54, 1.807) is 0 Å². The fraction of sp³-hybridized carbons (Fsp3) is 0.206. The Labute approximate surface area is 411 Å². The van der Waals surface area contributed by atoms with Crippen molar-refractivity contribution in [2.45, 2.75) is 90.9 Å². The predicted molar refractivity (Wildman–Crippen MR) is 295 cm³/mol. The van der Waals surface area contributed by atoms with E-state index in [9.17, 15) is 0 Å². The zero-order valence-corrected chi connectivity index (χ0v) is 42.0. The van der Waals surface area contributed by atoms with E-state index in [2.05, 4.69) is 274 Å². The first-order chi connectivity index (χ1) is 33.0. The largest absolute Gasteiger partial charge is 0.310 e. The molecule has 69 heavy (non-hydrogen) atoms. The molecule has 1 heteroatoms. The Bertz CT molecular complexity index is 3390. The Kier molecular flexibility index (Phi) is 10.4. The van der Waals surface area contributed by atoms with Crippen molar-refractivity contribution in [2.75, 3.05) is 4.90 Å². The molecule has 0 fully saturated rings. The maximum atomic E-state index is 2.48. The van der Waals surface area contributed by atoms with Gasteiger partial charge in [0.25, 0.3) is 0 Å². The average molecular weight is 894 g/mol. The van der Waals surface area contributed by atoms with Gasteiger partial charge in [0.05, 0.1) is 0 Å². The van der Waals surface area contributed by atoms with Crippen molar-refractivity contribution in [1.82, 2.24) is 0 Å². The monoisotopic (exact) mass is 893 g/mol. The van der Waals surface area contributed by atoms with Crippen molar-refractivity contribution in [3.05, 3.63) is 234 Å². The van der Waals surface area contributed by atoms with E-state index >= 15 is 0 Å². The number of benzene rings is 9. The van der Waals surface area contributed by atoms with E-state index in [1.807, 2.05) is 0 Å². The quantitative estimate of drug-likeness (QED) is 0.154. The highest BCUT2D eigenvalue weighted by Crippen LogP contribution is 2.55. The van der Waals surface area contributed by atoms with E-state index < -0.39 is 0 Å². The van der Waals surface area contributed by atoms with Crippen LogP contribution >= 0.6 is 0 Å². The highest BCUT2D eigenvalue weighted by Gasteiger charge is 2.39. The number of hydrogen-bond donors (Lipinski definition) is 0. The van der Waals surface area contributed by atoms with Gasteiger partial charge in [0, 0.05) is 27.9 Å². The Morgan fingerprint density at radius 2 is 0.710 bits per heavy atom. The molecule has 0 radical (unpaired) electrons. The summed E-state index contributed by atoms with van der Waals surface area (Å²) in [5, 5.41) is 0. The molecule has 340 valence electrons. The van der Waals surface area contributed by atoms with Gasteiger partial charge in [-0.15, -0.1) is 0 Å². The van der Waals surface area contributed by atoms with Gasteiger partial charge >= 0.3 is 0 Å². The van der Waals surface area contributed by atoms with Gasteiger partial charge in [-0.1, -0.05) is 215 Å². The fourth-order valence-corrected chi connectivity index (χ4v) is 11.3. The van der Waals surface area contributed by atoms with Crippen LogP contribution in [0.2, 0.25) is 0 Å². The van der Waals surface area contributed by atoms with Crippen LogP contribution in [0.15, 0.2) is 200 Å². The van der Waals surface area contributed by atoms with Crippen molar-refractivity contribution in [3.63, 3.8) is 0 Å². The van der Waals surface area contributed by atoms with E-state index in [4.69, 9.17) is 0 Å². The smallest absolute Gasteiger partial charge is 0.0465 e. The van der Waals surface area contributed by atoms with Crippen LogP contribution in [-0.4, -0.2) is 0 Å². The van der Waals surface area contributed by atoms with Crippen molar-refractivity contribution >= 4 is 17.1 Å². The Hall–Kier alpha value is -7.22. The van der Waals surface area contributed by atoms with E-state index in [-0.39, 0.29) is 21.7 Å². The molecule has 9 aromatic rings. The summed E-state index contributed by atoms with van der Waals surface area (Å²) >= 11 is 0. The van der Waals surface area contributed by atoms with Crippen LogP contribution in [-0.2, 0) is 21.7 Å². The van der Waals surface area contributed by atoms with Gasteiger partial charge in [-0.2, -0.15) is 0 Å². The summed E-state index contributed by atoms with van der Waals surface area (Å²) in [5.41, 5.74) is 26.6. The molecule has 0 aliphatic heterocycles. The minimum atomic E-state index is -0.216. The highest BCUT2D eigenvalue weighted by atomic mass is 15.1. The predicted octanol–water partition coefficient (Wildman–Crippen LogP) is 19.0. The zero-order chi connectivity index (χ0) is 48.0. The second kappa shape index (κ2) is 16.2. The summed E-state index contributed by atoms with van der Waals surface area (Å²) in [5.74, 6) is 0.